The average molecular weight is 847 g/mol. The van der Waals surface area contributed by atoms with Crippen molar-refractivity contribution in [2.75, 3.05) is 5.32 Å². The van der Waals surface area contributed by atoms with Crippen LogP contribution in [-0.2, 0) is 13.0 Å². The van der Waals surface area contributed by atoms with Crippen molar-refractivity contribution in [3.8, 4) is 33.4 Å². The van der Waals surface area contributed by atoms with E-state index in [-0.39, 0.29) is 0 Å². The maximum absolute atomic E-state index is 5.34. The topological polar surface area (TPSA) is 24.4 Å². The van der Waals surface area contributed by atoms with Gasteiger partial charge in [-0.15, -0.1) is 0 Å². The normalized spacial score (nSPS) is 13.2. The third kappa shape index (κ3) is 8.03. The Morgan fingerprint density at radius 3 is 1.94 bits per heavy atom. The summed E-state index contributed by atoms with van der Waals surface area (Å²) in [6.07, 6.45) is 18.2. The quantitative estimate of drug-likeness (QED) is 0.144. The molecule has 0 aliphatic heterocycles. The molecule has 11 rings (SSSR count). The highest BCUT2D eigenvalue weighted by Gasteiger charge is 2.22. The Morgan fingerprint density at radius 2 is 1.20 bits per heavy atom. The van der Waals surface area contributed by atoms with Crippen LogP contribution in [0, 0.1) is 6.92 Å². The van der Waals surface area contributed by atoms with Crippen LogP contribution in [-0.4, -0.2) is 5.71 Å². The van der Waals surface area contributed by atoms with E-state index in [1.807, 2.05) is 0 Å². The van der Waals surface area contributed by atoms with Crippen molar-refractivity contribution in [1.82, 2.24) is 0 Å². The van der Waals surface area contributed by atoms with Gasteiger partial charge in [0.2, 0.25) is 0 Å². The van der Waals surface area contributed by atoms with E-state index in [1.165, 1.54) is 87.6 Å². The fourth-order valence-electron chi connectivity index (χ4n) is 9.82. The number of aryl methyl sites for hydroxylation is 1. The molecule has 0 radical (unpaired) electrons. The standard InChI is InChI=1S/C64H50N2/c1-43-16-9-14-27-61(43)65-42-56-40-53(36-37-62(56)66-44(2)45-28-30-49(31-29-45)46-17-5-3-6-18-46)52-23-15-26-59-60(41-52)64(55-35-33-48-20-11-13-22-51(48)39-55)58-25-8-4-7-24-57(58)63(59)54-34-32-47-19-10-12-21-50(47)38-54/h3-7,9-25,27-41,65H,8,26,42H2,1-2H3. The average Bonchev–Trinajstić information content (AvgIpc) is 3.75. The Kier molecular flexibility index (Phi) is 11.0. The molecule has 2 aliphatic rings. The number of aliphatic imine (C=N–C) groups is 1. The fraction of sp³-hybridized carbons (Fsp3) is 0.0781. The van der Waals surface area contributed by atoms with Gasteiger partial charge in [0.15, 0.2) is 0 Å². The van der Waals surface area contributed by atoms with Crippen LogP contribution in [0.5, 0.6) is 0 Å². The molecule has 2 aliphatic carbocycles. The summed E-state index contributed by atoms with van der Waals surface area (Å²) in [6, 6.07) is 66.0. The molecular formula is C64H50N2. The number of nitrogens with one attached hydrogen (secondary N) is 1. The number of benzene rings is 9. The number of allylic oxidation sites excluding steroid dienone is 5. The van der Waals surface area contributed by atoms with E-state index in [4.69, 9.17) is 4.99 Å². The Bertz CT molecular complexity index is 3580. The fourth-order valence-corrected chi connectivity index (χ4v) is 9.82. The van der Waals surface area contributed by atoms with Crippen molar-refractivity contribution in [3.63, 3.8) is 0 Å². The van der Waals surface area contributed by atoms with E-state index in [2.05, 4.69) is 244 Å². The third-order valence-electron chi connectivity index (χ3n) is 13.3. The monoisotopic (exact) mass is 846 g/mol. The molecule has 0 aromatic heterocycles. The Balaban J connectivity index is 1.09. The second-order valence-corrected chi connectivity index (χ2v) is 17.5. The van der Waals surface area contributed by atoms with Crippen molar-refractivity contribution in [3.05, 3.63) is 250 Å². The highest BCUT2D eigenvalue weighted by atomic mass is 14.9. The van der Waals surface area contributed by atoms with Crippen LogP contribution in [0.3, 0.4) is 0 Å². The lowest BCUT2D eigenvalue weighted by molar-refractivity contribution is 1.13. The predicted octanol–water partition coefficient (Wildman–Crippen LogP) is 15.2. The molecule has 0 spiro atoms. The summed E-state index contributed by atoms with van der Waals surface area (Å²) >= 11 is 0. The maximum atomic E-state index is 5.34. The van der Waals surface area contributed by atoms with Gasteiger partial charge in [-0.1, -0.05) is 188 Å². The number of hydrogen-bond acceptors (Lipinski definition) is 2. The van der Waals surface area contributed by atoms with Gasteiger partial charge >= 0.3 is 0 Å². The van der Waals surface area contributed by atoms with Gasteiger partial charge in [-0.25, -0.2) is 0 Å². The number of nitrogens with zero attached hydrogens (tertiary/aromatic N) is 1. The molecule has 0 heterocycles. The van der Waals surface area contributed by atoms with Crippen LogP contribution in [0.4, 0.5) is 11.4 Å². The zero-order valence-electron chi connectivity index (χ0n) is 37.4. The summed E-state index contributed by atoms with van der Waals surface area (Å²) in [4.78, 5) is 5.34. The van der Waals surface area contributed by atoms with Crippen LogP contribution < -0.4 is 15.8 Å². The molecule has 2 heteroatoms. The van der Waals surface area contributed by atoms with Gasteiger partial charge in [-0.2, -0.15) is 0 Å². The van der Waals surface area contributed by atoms with E-state index < -0.39 is 0 Å². The van der Waals surface area contributed by atoms with Gasteiger partial charge in [0.25, 0.3) is 0 Å². The molecule has 0 saturated heterocycles. The molecule has 1 N–H and O–H groups in total. The number of fused-ring (bicyclic) bond motifs is 4. The first kappa shape index (κ1) is 40.7. The minimum Gasteiger partial charge on any atom is -0.381 e. The van der Waals surface area contributed by atoms with Crippen molar-refractivity contribution in [1.29, 1.82) is 0 Å². The van der Waals surface area contributed by atoms with Gasteiger partial charge in [0.05, 0.1) is 5.69 Å². The minimum absolute atomic E-state index is 0.630. The molecule has 9 aromatic rings. The molecule has 316 valence electrons. The lowest BCUT2D eigenvalue weighted by Gasteiger charge is -2.20. The maximum Gasteiger partial charge on any atom is 0.0683 e. The molecule has 0 amide bonds. The molecule has 0 saturated carbocycles. The second-order valence-electron chi connectivity index (χ2n) is 17.5. The van der Waals surface area contributed by atoms with E-state index in [1.54, 1.807) is 0 Å². The van der Waals surface area contributed by atoms with Crippen LogP contribution in [0.2, 0.25) is 0 Å². The van der Waals surface area contributed by atoms with Crippen LogP contribution in [0.15, 0.2) is 211 Å². The number of hydrogen-bond donors (Lipinski definition) is 1. The zero-order valence-corrected chi connectivity index (χ0v) is 37.4. The molecule has 0 atom stereocenters. The van der Waals surface area contributed by atoms with E-state index in [9.17, 15) is 0 Å². The molecule has 2 nitrogen and oxygen atoms in total. The SMILES string of the molecule is CC(=Nc1ccc(C2=Cc3c(c(-c4ccc5ccccc5c4)c4c(c3-c3ccc5ccccc5c3)=CCC=CC=4)CC=C2)cc1CNc1ccccc1C)c1ccc(-c2ccccc2)cc1. The van der Waals surface area contributed by atoms with E-state index in [0.717, 1.165) is 46.6 Å². The van der Waals surface area contributed by atoms with Crippen LogP contribution in [0.1, 0.15) is 46.7 Å². The zero-order chi connectivity index (χ0) is 44.4. The van der Waals surface area contributed by atoms with Crippen molar-refractivity contribution < 1.29 is 0 Å². The summed E-state index contributed by atoms with van der Waals surface area (Å²) in [5.74, 6) is 0. The van der Waals surface area contributed by atoms with Gasteiger partial charge in [0, 0.05) is 17.9 Å². The van der Waals surface area contributed by atoms with Gasteiger partial charge in [-0.05, 0) is 167 Å². The molecule has 9 aromatic carbocycles. The Labute approximate surface area is 387 Å². The summed E-state index contributed by atoms with van der Waals surface area (Å²) in [5.41, 5.74) is 18.9. The molecule has 66 heavy (non-hydrogen) atoms. The van der Waals surface area contributed by atoms with E-state index in [0.29, 0.717) is 6.54 Å². The molecule has 0 bridgehead atoms. The number of para-hydroxylation sites is 1. The summed E-state index contributed by atoms with van der Waals surface area (Å²) < 4.78 is 0. The third-order valence-corrected chi connectivity index (χ3v) is 13.3. The number of rotatable bonds is 9. The summed E-state index contributed by atoms with van der Waals surface area (Å²) in [6.45, 7) is 4.90. The first-order valence-electron chi connectivity index (χ1n) is 23.1. The summed E-state index contributed by atoms with van der Waals surface area (Å²) in [5, 5.41) is 11.3. The van der Waals surface area contributed by atoms with Crippen molar-refractivity contribution in [2.45, 2.75) is 33.2 Å². The van der Waals surface area contributed by atoms with Crippen molar-refractivity contribution >= 4 is 62.4 Å². The first-order valence-corrected chi connectivity index (χ1v) is 23.1. The Morgan fingerprint density at radius 1 is 0.561 bits per heavy atom. The highest BCUT2D eigenvalue weighted by molar-refractivity contribution is 6.02. The smallest absolute Gasteiger partial charge is 0.0683 e. The van der Waals surface area contributed by atoms with Crippen molar-refractivity contribution in [2.24, 2.45) is 4.99 Å². The lowest BCUT2D eigenvalue weighted by atomic mass is 9.83. The highest BCUT2D eigenvalue weighted by Crippen LogP contribution is 2.38. The summed E-state index contributed by atoms with van der Waals surface area (Å²) in [7, 11) is 0. The van der Waals surface area contributed by atoms with Gasteiger partial charge in [0.1, 0.15) is 0 Å². The first-order chi connectivity index (χ1) is 32.5. The molecule has 0 unspecified atom stereocenters. The molecular weight excluding hydrogens is 797 g/mol. The van der Waals surface area contributed by atoms with E-state index >= 15 is 0 Å². The van der Waals surface area contributed by atoms with Gasteiger partial charge in [-0.3, -0.25) is 4.99 Å². The molecule has 0 fully saturated rings. The second kappa shape index (κ2) is 17.8. The minimum atomic E-state index is 0.630. The van der Waals surface area contributed by atoms with Crippen LogP contribution in [0.25, 0.3) is 78.7 Å². The number of anilines is 1. The lowest BCUT2D eigenvalue weighted by Crippen LogP contribution is -2.31. The largest absolute Gasteiger partial charge is 0.381 e. The van der Waals surface area contributed by atoms with Crippen LogP contribution >= 0.6 is 0 Å². The predicted molar refractivity (Wildman–Crippen MR) is 284 cm³/mol. The van der Waals surface area contributed by atoms with Gasteiger partial charge < -0.3 is 5.32 Å². The Hall–Kier alpha value is -8.07.